The van der Waals surface area contributed by atoms with Crippen molar-refractivity contribution in [3.8, 4) is 0 Å². The van der Waals surface area contributed by atoms with Crippen molar-refractivity contribution in [2.75, 3.05) is 26.3 Å². The molecule has 1 aliphatic heterocycles. The number of alkyl halides is 1. The van der Waals surface area contributed by atoms with E-state index in [1.165, 1.54) is 0 Å². The summed E-state index contributed by atoms with van der Waals surface area (Å²) in [7, 11) is 0. The molecule has 1 nitrogen and oxygen atoms in total. The third-order valence-electron chi connectivity index (χ3n) is 1.44. The molecule has 0 aromatic rings. The standard InChI is InChI=1S/C6H11FN/c7-3-6-8-4-1-2-5-8/h1H,2-6H2. The van der Waals surface area contributed by atoms with E-state index in [-0.39, 0.29) is 6.67 Å². The first kappa shape index (κ1) is 6.02. The van der Waals surface area contributed by atoms with Crippen molar-refractivity contribution in [3.63, 3.8) is 0 Å². The molecule has 1 rings (SSSR count). The Kier molecular flexibility index (Phi) is 2.27. The molecule has 0 amide bonds. The van der Waals surface area contributed by atoms with Crippen LogP contribution in [0.2, 0.25) is 0 Å². The Morgan fingerprint density at radius 1 is 1.62 bits per heavy atom. The van der Waals surface area contributed by atoms with Gasteiger partial charge in [-0.3, -0.25) is 0 Å². The normalized spacial score (nSPS) is 22.1. The van der Waals surface area contributed by atoms with Crippen LogP contribution in [-0.2, 0) is 0 Å². The molecule has 8 heavy (non-hydrogen) atoms. The van der Waals surface area contributed by atoms with Crippen molar-refractivity contribution >= 4 is 0 Å². The molecule has 0 unspecified atom stereocenters. The quantitative estimate of drug-likeness (QED) is 0.517. The Balaban J connectivity index is 2.06. The predicted molar refractivity (Wildman–Crippen MR) is 31.3 cm³/mol. The average Bonchev–Trinajstić information content (AvgIpc) is 2.19. The fourth-order valence-corrected chi connectivity index (χ4v) is 0.962. The van der Waals surface area contributed by atoms with Gasteiger partial charge in [0, 0.05) is 13.1 Å². The van der Waals surface area contributed by atoms with E-state index < -0.39 is 0 Å². The number of hydrogen-bond acceptors (Lipinski definition) is 1. The second-order valence-corrected chi connectivity index (χ2v) is 2.07. The van der Waals surface area contributed by atoms with E-state index in [2.05, 4.69) is 11.3 Å². The van der Waals surface area contributed by atoms with Crippen molar-refractivity contribution in [3.05, 3.63) is 6.42 Å². The SMILES string of the molecule is FCCN1C[CH]CC1. The van der Waals surface area contributed by atoms with Crippen LogP contribution in [0.5, 0.6) is 0 Å². The van der Waals surface area contributed by atoms with Crippen molar-refractivity contribution < 1.29 is 4.39 Å². The minimum atomic E-state index is -0.201. The second kappa shape index (κ2) is 3.02. The minimum Gasteiger partial charge on any atom is -0.300 e. The zero-order valence-corrected chi connectivity index (χ0v) is 4.94. The fraction of sp³-hybridized carbons (Fsp3) is 0.833. The largest absolute Gasteiger partial charge is 0.300 e. The third-order valence-corrected chi connectivity index (χ3v) is 1.44. The molecule has 1 fully saturated rings. The van der Waals surface area contributed by atoms with E-state index in [4.69, 9.17) is 0 Å². The number of nitrogens with zero attached hydrogens (tertiary/aromatic N) is 1. The van der Waals surface area contributed by atoms with Crippen molar-refractivity contribution in [2.24, 2.45) is 0 Å². The van der Waals surface area contributed by atoms with Crippen LogP contribution in [0.25, 0.3) is 0 Å². The van der Waals surface area contributed by atoms with Gasteiger partial charge in [0.1, 0.15) is 6.67 Å². The lowest BCUT2D eigenvalue weighted by atomic mass is 10.4. The Morgan fingerprint density at radius 2 is 2.50 bits per heavy atom. The number of likely N-dealkylation sites (tertiary alicyclic amines) is 1. The number of rotatable bonds is 2. The Bertz CT molecular complexity index is 59.5. The van der Waals surface area contributed by atoms with Crippen LogP contribution in [-0.4, -0.2) is 31.2 Å². The molecule has 1 aliphatic rings. The van der Waals surface area contributed by atoms with Crippen LogP contribution in [0.4, 0.5) is 4.39 Å². The Hall–Kier alpha value is -0.110. The van der Waals surface area contributed by atoms with Gasteiger partial charge in [0.05, 0.1) is 0 Å². The van der Waals surface area contributed by atoms with Gasteiger partial charge in [-0.05, 0) is 19.4 Å². The predicted octanol–water partition coefficient (Wildman–Crippen LogP) is 0.866. The van der Waals surface area contributed by atoms with Gasteiger partial charge in [-0.15, -0.1) is 0 Å². The topological polar surface area (TPSA) is 3.24 Å². The maximum absolute atomic E-state index is 11.6. The number of halogens is 1. The lowest BCUT2D eigenvalue weighted by Crippen LogP contribution is -2.21. The summed E-state index contributed by atoms with van der Waals surface area (Å²) in [5.41, 5.74) is 0. The first-order valence-electron chi connectivity index (χ1n) is 3.03. The summed E-state index contributed by atoms with van der Waals surface area (Å²) in [5.74, 6) is 0. The molecule has 2 heteroatoms. The first-order valence-corrected chi connectivity index (χ1v) is 3.03. The van der Waals surface area contributed by atoms with Gasteiger partial charge < -0.3 is 4.90 Å². The summed E-state index contributed by atoms with van der Waals surface area (Å²) >= 11 is 0. The smallest absolute Gasteiger partial charge is 0.102 e. The molecule has 0 spiro atoms. The molecule has 0 saturated carbocycles. The van der Waals surface area contributed by atoms with E-state index >= 15 is 0 Å². The van der Waals surface area contributed by atoms with Gasteiger partial charge in [0.15, 0.2) is 0 Å². The summed E-state index contributed by atoms with van der Waals surface area (Å²) in [6.45, 7) is 2.47. The van der Waals surface area contributed by atoms with Crippen molar-refractivity contribution in [2.45, 2.75) is 6.42 Å². The zero-order valence-electron chi connectivity index (χ0n) is 4.94. The van der Waals surface area contributed by atoms with Crippen LogP contribution in [0.3, 0.4) is 0 Å². The monoisotopic (exact) mass is 116 g/mol. The summed E-state index contributed by atoms with van der Waals surface area (Å²) in [5, 5.41) is 0. The van der Waals surface area contributed by atoms with Crippen LogP contribution < -0.4 is 0 Å². The molecule has 0 aromatic heterocycles. The van der Waals surface area contributed by atoms with Gasteiger partial charge in [-0.25, -0.2) is 4.39 Å². The molecule has 0 aromatic carbocycles. The zero-order chi connectivity index (χ0) is 5.82. The van der Waals surface area contributed by atoms with Crippen molar-refractivity contribution in [1.29, 1.82) is 0 Å². The Labute approximate surface area is 49.5 Å². The minimum absolute atomic E-state index is 0.201. The average molecular weight is 116 g/mol. The van der Waals surface area contributed by atoms with Crippen LogP contribution in [0.1, 0.15) is 6.42 Å². The summed E-state index contributed by atoms with van der Waals surface area (Å²) in [6, 6.07) is 0. The molecule has 0 N–H and O–H groups in total. The molecule has 47 valence electrons. The molecule has 0 atom stereocenters. The lowest BCUT2D eigenvalue weighted by Gasteiger charge is -2.09. The maximum atomic E-state index is 11.6. The summed E-state index contributed by atoms with van der Waals surface area (Å²) in [6.07, 6.45) is 3.33. The summed E-state index contributed by atoms with van der Waals surface area (Å²) < 4.78 is 11.6. The highest BCUT2D eigenvalue weighted by atomic mass is 19.1. The van der Waals surface area contributed by atoms with Crippen molar-refractivity contribution in [1.82, 2.24) is 4.90 Å². The molecule has 1 heterocycles. The maximum Gasteiger partial charge on any atom is 0.102 e. The molecule has 0 aliphatic carbocycles. The van der Waals surface area contributed by atoms with E-state index in [1.807, 2.05) is 0 Å². The van der Waals surface area contributed by atoms with Crippen LogP contribution in [0, 0.1) is 6.42 Å². The third kappa shape index (κ3) is 1.44. The Morgan fingerprint density at radius 3 is 3.00 bits per heavy atom. The number of hydrogen-bond donors (Lipinski definition) is 0. The van der Waals surface area contributed by atoms with Gasteiger partial charge in [-0.2, -0.15) is 0 Å². The van der Waals surface area contributed by atoms with Gasteiger partial charge in [0.25, 0.3) is 0 Å². The molecule has 0 bridgehead atoms. The fourth-order valence-electron chi connectivity index (χ4n) is 0.962. The molecule has 1 saturated heterocycles. The molecular weight excluding hydrogens is 105 g/mol. The van der Waals surface area contributed by atoms with E-state index in [1.54, 1.807) is 0 Å². The first-order chi connectivity index (χ1) is 3.93. The van der Waals surface area contributed by atoms with Gasteiger partial charge in [0.2, 0.25) is 0 Å². The van der Waals surface area contributed by atoms with Gasteiger partial charge >= 0.3 is 0 Å². The second-order valence-electron chi connectivity index (χ2n) is 2.07. The highest BCUT2D eigenvalue weighted by Gasteiger charge is 2.09. The summed E-state index contributed by atoms with van der Waals surface area (Å²) in [4.78, 5) is 2.11. The van der Waals surface area contributed by atoms with E-state index in [0.717, 1.165) is 19.5 Å². The molecular formula is C6H11FN. The van der Waals surface area contributed by atoms with E-state index in [0.29, 0.717) is 6.54 Å². The van der Waals surface area contributed by atoms with Gasteiger partial charge in [-0.1, -0.05) is 0 Å². The molecule has 1 radical (unpaired) electrons. The lowest BCUT2D eigenvalue weighted by molar-refractivity contribution is 0.301. The highest BCUT2D eigenvalue weighted by Crippen LogP contribution is 2.04. The van der Waals surface area contributed by atoms with Crippen LogP contribution >= 0.6 is 0 Å². The van der Waals surface area contributed by atoms with Crippen LogP contribution in [0.15, 0.2) is 0 Å². The van der Waals surface area contributed by atoms with E-state index in [9.17, 15) is 4.39 Å². The highest BCUT2D eigenvalue weighted by molar-refractivity contribution is 4.80.